The van der Waals surface area contributed by atoms with E-state index < -0.39 is 0 Å². The van der Waals surface area contributed by atoms with Gasteiger partial charge in [0.25, 0.3) is 0 Å². The van der Waals surface area contributed by atoms with Gasteiger partial charge < -0.3 is 10.1 Å². The molecule has 0 unspecified atom stereocenters. The molecule has 5 rings (SSSR count). The van der Waals surface area contributed by atoms with E-state index in [2.05, 4.69) is 10.4 Å². The van der Waals surface area contributed by atoms with Crippen molar-refractivity contribution in [2.24, 2.45) is 7.05 Å². The van der Waals surface area contributed by atoms with Gasteiger partial charge in [-0.05, 0) is 30.2 Å². The number of nitrogens with one attached hydrogen (secondary N) is 1. The van der Waals surface area contributed by atoms with Crippen molar-refractivity contribution >= 4 is 5.91 Å². The highest BCUT2D eigenvalue weighted by molar-refractivity contribution is 5.80. The molecule has 0 bridgehead atoms. The molecule has 3 heterocycles. The van der Waals surface area contributed by atoms with Gasteiger partial charge in [0.1, 0.15) is 6.10 Å². The van der Waals surface area contributed by atoms with Gasteiger partial charge in [-0.2, -0.15) is 15.3 Å². The monoisotopic (exact) mass is 500 g/mol. The summed E-state index contributed by atoms with van der Waals surface area (Å²) in [6.07, 6.45) is 3.64. The molecule has 1 aliphatic rings. The van der Waals surface area contributed by atoms with Crippen molar-refractivity contribution in [3.05, 3.63) is 89.9 Å². The molecule has 2 atom stereocenters. The van der Waals surface area contributed by atoms with E-state index in [9.17, 15) is 4.79 Å². The lowest BCUT2D eigenvalue weighted by atomic mass is 10.0. The summed E-state index contributed by atoms with van der Waals surface area (Å²) in [6, 6.07) is 19.7. The first-order chi connectivity index (χ1) is 18.0. The lowest BCUT2D eigenvalue weighted by molar-refractivity contribution is -0.154. The zero-order valence-electron chi connectivity index (χ0n) is 21.4. The highest BCUT2D eigenvalue weighted by atomic mass is 16.7. The number of nitrogens with zero attached hydrogens (tertiary/aromatic N) is 5. The van der Waals surface area contributed by atoms with Crippen LogP contribution < -0.4 is 5.32 Å². The van der Waals surface area contributed by atoms with Crippen LogP contribution in [0, 0.1) is 6.92 Å². The zero-order valence-corrected chi connectivity index (χ0v) is 21.4. The molecule has 1 aliphatic heterocycles. The Bertz CT molecular complexity index is 1330. The van der Waals surface area contributed by atoms with Gasteiger partial charge in [-0.1, -0.05) is 48.5 Å². The third-order valence-corrected chi connectivity index (χ3v) is 6.60. The highest BCUT2D eigenvalue weighted by Gasteiger charge is 2.36. The van der Waals surface area contributed by atoms with Gasteiger partial charge >= 0.3 is 0 Å². The van der Waals surface area contributed by atoms with Crippen LogP contribution >= 0.6 is 0 Å². The fraction of sp³-hybridized carbons (Fsp3) is 0.321. The summed E-state index contributed by atoms with van der Waals surface area (Å²) in [4.78, 5) is 19.7. The summed E-state index contributed by atoms with van der Waals surface area (Å²) in [5, 5.41) is 14.3. The third kappa shape index (κ3) is 5.48. The summed E-state index contributed by atoms with van der Waals surface area (Å²) in [5.41, 5.74) is 5.46. The average Bonchev–Trinajstić information content (AvgIpc) is 3.61. The van der Waals surface area contributed by atoms with Gasteiger partial charge in [0.15, 0.2) is 0 Å². The second-order valence-electron chi connectivity index (χ2n) is 9.24. The van der Waals surface area contributed by atoms with Crippen molar-refractivity contribution < 1.29 is 14.4 Å². The first kappa shape index (κ1) is 24.9. The van der Waals surface area contributed by atoms with Crippen LogP contribution in [0.5, 0.6) is 0 Å². The van der Waals surface area contributed by atoms with E-state index in [0.717, 1.165) is 33.8 Å². The number of ether oxygens (including phenoxy) is 1. The maximum Gasteiger partial charge on any atom is 0.226 e. The van der Waals surface area contributed by atoms with Crippen molar-refractivity contribution in [3.8, 4) is 16.9 Å². The average molecular weight is 501 g/mol. The number of para-hydroxylation sites is 1. The number of hydroxylamine groups is 2. The Balaban J connectivity index is 1.41. The molecule has 4 aromatic rings. The van der Waals surface area contributed by atoms with Crippen LogP contribution in [-0.2, 0) is 27.8 Å². The SMILES string of the molecule is COCCN1C[C@@H](NC(=O)Cc2c(C)c(-c3cnn(C)c3)nn2-c2ccccc2)[C@H](c2ccccc2)O1. The summed E-state index contributed by atoms with van der Waals surface area (Å²) in [7, 11) is 3.55. The van der Waals surface area contributed by atoms with Gasteiger partial charge in [0.2, 0.25) is 5.91 Å². The number of benzene rings is 2. The molecule has 0 saturated carbocycles. The minimum Gasteiger partial charge on any atom is -0.383 e. The van der Waals surface area contributed by atoms with Crippen molar-refractivity contribution in [1.29, 1.82) is 0 Å². The fourth-order valence-corrected chi connectivity index (χ4v) is 4.74. The summed E-state index contributed by atoms with van der Waals surface area (Å²) in [6.45, 7) is 3.76. The molecule has 1 amide bonds. The van der Waals surface area contributed by atoms with Crippen LogP contribution in [0.15, 0.2) is 73.1 Å². The number of hydrogen-bond acceptors (Lipinski definition) is 6. The van der Waals surface area contributed by atoms with E-state index >= 15 is 0 Å². The van der Waals surface area contributed by atoms with Gasteiger partial charge in [-0.25, -0.2) is 4.68 Å². The normalized spacial score (nSPS) is 17.8. The second kappa shape index (κ2) is 11.1. The van der Waals surface area contributed by atoms with E-state index in [4.69, 9.17) is 14.7 Å². The Hall–Kier alpha value is -3.79. The predicted octanol–water partition coefficient (Wildman–Crippen LogP) is 3.24. The highest BCUT2D eigenvalue weighted by Crippen LogP contribution is 2.30. The molecule has 37 heavy (non-hydrogen) atoms. The molecular formula is C28H32N6O3. The van der Waals surface area contributed by atoms with Crippen LogP contribution in [0.25, 0.3) is 16.9 Å². The molecule has 9 nitrogen and oxygen atoms in total. The smallest absolute Gasteiger partial charge is 0.226 e. The number of carbonyl (C=O) groups is 1. The van der Waals surface area contributed by atoms with E-state index in [-0.39, 0.29) is 24.5 Å². The molecule has 1 saturated heterocycles. The Morgan fingerprint density at radius 1 is 1.14 bits per heavy atom. The van der Waals surface area contributed by atoms with E-state index in [0.29, 0.717) is 19.7 Å². The molecule has 0 spiro atoms. The van der Waals surface area contributed by atoms with Gasteiger partial charge in [0, 0.05) is 39.0 Å². The largest absolute Gasteiger partial charge is 0.383 e. The quantitative estimate of drug-likeness (QED) is 0.380. The number of aryl methyl sites for hydroxylation is 1. The van der Waals surface area contributed by atoms with Gasteiger partial charge in [0.05, 0.1) is 42.3 Å². The van der Waals surface area contributed by atoms with Crippen LogP contribution in [0.1, 0.15) is 22.9 Å². The Morgan fingerprint density at radius 3 is 2.54 bits per heavy atom. The molecule has 9 heteroatoms. The number of rotatable bonds is 9. The third-order valence-electron chi connectivity index (χ3n) is 6.60. The second-order valence-corrected chi connectivity index (χ2v) is 9.24. The number of carbonyl (C=O) groups excluding carboxylic acids is 1. The lowest BCUT2D eigenvalue weighted by Gasteiger charge is -2.19. The molecule has 192 valence electrons. The predicted molar refractivity (Wildman–Crippen MR) is 140 cm³/mol. The van der Waals surface area contributed by atoms with Crippen LogP contribution in [0.4, 0.5) is 0 Å². The summed E-state index contributed by atoms with van der Waals surface area (Å²) in [5.74, 6) is -0.0824. The molecule has 1 fully saturated rings. The lowest BCUT2D eigenvalue weighted by Crippen LogP contribution is -2.41. The Kier molecular flexibility index (Phi) is 7.45. The van der Waals surface area contributed by atoms with Crippen LogP contribution in [-0.4, -0.2) is 63.4 Å². The summed E-state index contributed by atoms with van der Waals surface area (Å²) >= 11 is 0. The minimum atomic E-state index is -0.270. The van der Waals surface area contributed by atoms with Gasteiger partial charge in [-0.3, -0.25) is 14.3 Å². The number of methoxy groups -OCH3 is 1. The van der Waals surface area contributed by atoms with E-state index in [1.807, 2.05) is 90.6 Å². The number of hydrogen-bond donors (Lipinski definition) is 1. The minimum absolute atomic E-state index is 0.0824. The Morgan fingerprint density at radius 2 is 1.86 bits per heavy atom. The molecule has 2 aromatic carbocycles. The van der Waals surface area contributed by atoms with Gasteiger partial charge in [-0.15, -0.1) is 0 Å². The molecule has 0 radical (unpaired) electrons. The topological polar surface area (TPSA) is 86.4 Å². The van der Waals surface area contributed by atoms with Crippen LogP contribution in [0.3, 0.4) is 0 Å². The first-order valence-corrected chi connectivity index (χ1v) is 12.4. The summed E-state index contributed by atoms with van der Waals surface area (Å²) < 4.78 is 8.84. The molecular weight excluding hydrogens is 468 g/mol. The van der Waals surface area contributed by atoms with Crippen molar-refractivity contribution in [2.45, 2.75) is 25.5 Å². The maximum absolute atomic E-state index is 13.5. The van der Waals surface area contributed by atoms with Crippen molar-refractivity contribution in [1.82, 2.24) is 29.9 Å². The van der Waals surface area contributed by atoms with Crippen LogP contribution in [0.2, 0.25) is 0 Å². The maximum atomic E-state index is 13.5. The number of amides is 1. The Labute approximate surface area is 216 Å². The molecule has 1 N–H and O–H groups in total. The van der Waals surface area contributed by atoms with Crippen molar-refractivity contribution in [2.75, 3.05) is 26.8 Å². The van der Waals surface area contributed by atoms with E-state index in [1.165, 1.54) is 0 Å². The zero-order chi connectivity index (χ0) is 25.8. The molecule has 2 aromatic heterocycles. The van der Waals surface area contributed by atoms with Crippen molar-refractivity contribution in [3.63, 3.8) is 0 Å². The van der Waals surface area contributed by atoms with E-state index in [1.54, 1.807) is 18.0 Å². The molecule has 0 aliphatic carbocycles. The first-order valence-electron chi connectivity index (χ1n) is 12.4. The number of aromatic nitrogens is 4. The standard InChI is InChI=1S/C28H32N6O3/c1-20-25(34(23-12-8-5-9-13-23)31-27(20)22-17-29-32(2)18-22)16-26(35)30-24-19-33(14-15-36-3)37-28(24)21-10-6-4-7-11-21/h4-13,17-18,24,28H,14-16,19H2,1-3H3,(H,30,35)/t24-,28+/m1/s1. The fourth-order valence-electron chi connectivity index (χ4n) is 4.74.